The number of aromatic nitrogens is 2. The smallest absolute Gasteiger partial charge is 0.234 e. The highest BCUT2D eigenvalue weighted by Crippen LogP contribution is 2.24. The van der Waals surface area contributed by atoms with Crippen LogP contribution in [0.15, 0.2) is 66.0 Å². The quantitative estimate of drug-likeness (QED) is 0.525. The zero-order chi connectivity index (χ0) is 18.4. The van der Waals surface area contributed by atoms with Crippen molar-refractivity contribution in [2.24, 2.45) is 0 Å². The summed E-state index contributed by atoms with van der Waals surface area (Å²) in [5.74, 6) is 0.270. The minimum absolute atomic E-state index is 0.158. The lowest BCUT2D eigenvalue weighted by molar-refractivity contribution is -0.113. The van der Waals surface area contributed by atoms with Gasteiger partial charge in [-0.2, -0.15) is 0 Å². The number of anilines is 1. The molecule has 1 heterocycles. The zero-order valence-electron chi connectivity index (χ0n) is 14.0. The predicted molar refractivity (Wildman–Crippen MR) is 99.8 cm³/mol. The number of para-hydroxylation sites is 2. The SMILES string of the molecule is COc1ccccc1NC(=O)CSc1nccc(-c2ccc(F)cc2)n1. The molecule has 0 atom stereocenters. The van der Waals surface area contributed by atoms with Crippen LogP contribution in [-0.4, -0.2) is 28.7 Å². The lowest BCUT2D eigenvalue weighted by Gasteiger charge is -2.09. The second-order valence-electron chi connectivity index (χ2n) is 5.27. The van der Waals surface area contributed by atoms with Crippen LogP contribution in [-0.2, 0) is 4.79 Å². The highest BCUT2D eigenvalue weighted by molar-refractivity contribution is 7.99. The highest BCUT2D eigenvalue weighted by atomic mass is 32.2. The van der Waals surface area contributed by atoms with Gasteiger partial charge in [0.15, 0.2) is 5.16 Å². The number of thioether (sulfide) groups is 1. The van der Waals surface area contributed by atoms with Gasteiger partial charge in [-0.1, -0.05) is 23.9 Å². The standard InChI is InChI=1S/C19H16FN3O2S/c1-25-17-5-3-2-4-16(17)22-18(24)12-26-19-21-11-10-15(23-19)13-6-8-14(20)9-7-13/h2-11H,12H2,1H3,(H,22,24). The van der Waals surface area contributed by atoms with Crippen molar-refractivity contribution in [2.75, 3.05) is 18.2 Å². The summed E-state index contributed by atoms with van der Waals surface area (Å²) in [5.41, 5.74) is 2.07. The minimum atomic E-state index is -0.301. The molecule has 3 aromatic rings. The first-order chi connectivity index (χ1) is 12.7. The number of nitrogens with one attached hydrogen (secondary N) is 1. The molecular formula is C19H16FN3O2S. The average molecular weight is 369 g/mol. The van der Waals surface area contributed by atoms with E-state index in [-0.39, 0.29) is 17.5 Å². The molecule has 0 unspecified atom stereocenters. The number of nitrogens with zero attached hydrogens (tertiary/aromatic N) is 2. The molecular weight excluding hydrogens is 353 g/mol. The number of benzene rings is 2. The van der Waals surface area contributed by atoms with Crippen LogP contribution in [0.2, 0.25) is 0 Å². The Morgan fingerprint density at radius 3 is 2.69 bits per heavy atom. The molecule has 0 fully saturated rings. The minimum Gasteiger partial charge on any atom is -0.495 e. The fourth-order valence-corrected chi connectivity index (χ4v) is 2.89. The summed E-state index contributed by atoms with van der Waals surface area (Å²) < 4.78 is 18.2. The van der Waals surface area contributed by atoms with Crippen LogP contribution in [0, 0.1) is 5.82 Å². The summed E-state index contributed by atoms with van der Waals surface area (Å²) in [7, 11) is 1.55. The van der Waals surface area contributed by atoms with Crippen molar-refractivity contribution in [3.63, 3.8) is 0 Å². The van der Waals surface area contributed by atoms with E-state index in [4.69, 9.17) is 4.74 Å². The molecule has 0 aliphatic heterocycles. The van der Waals surface area contributed by atoms with Crippen molar-refractivity contribution >= 4 is 23.4 Å². The normalized spacial score (nSPS) is 10.4. The van der Waals surface area contributed by atoms with Crippen LogP contribution in [0.1, 0.15) is 0 Å². The Bertz CT molecular complexity index is 903. The van der Waals surface area contributed by atoms with E-state index in [1.54, 1.807) is 43.6 Å². The van der Waals surface area contributed by atoms with Crippen LogP contribution in [0.25, 0.3) is 11.3 Å². The van der Waals surface area contributed by atoms with Crippen LogP contribution in [0.4, 0.5) is 10.1 Å². The third kappa shape index (κ3) is 4.58. The number of hydrogen-bond acceptors (Lipinski definition) is 5. The van der Waals surface area contributed by atoms with Gasteiger partial charge in [-0.25, -0.2) is 14.4 Å². The Morgan fingerprint density at radius 1 is 1.15 bits per heavy atom. The number of ether oxygens (including phenoxy) is 1. The van der Waals surface area contributed by atoms with Gasteiger partial charge in [0, 0.05) is 11.8 Å². The summed E-state index contributed by atoms with van der Waals surface area (Å²) in [6.45, 7) is 0. The van der Waals surface area contributed by atoms with Crippen LogP contribution >= 0.6 is 11.8 Å². The number of amides is 1. The van der Waals surface area contributed by atoms with Gasteiger partial charge in [-0.15, -0.1) is 0 Å². The number of halogens is 1. The number of methoxy groups -OCH3 is 1. The van der Waals surface area contributed by atoms with Crippen molar-refractivity contribution in [3.8, 4) is 17.0 Å². The van der Waals surface area contributed by atoms with Gasteiger partial charge in [0.1, 0.15) is 11.6 Å². The first-order valence-electron chi connectivity index (χ1n) is 7.80. The van der Waals surface area contributed by atoms with Crippen LogP contribution in [0.3, 0.4) is 0 Å². The van der Waals surface area contributed by atoms with Gasteiger partial charge in [-0.05, 0) is 42.5 Å². The molecule has 0 aliphatic carbocycles. The van der Waals surface area contributed by atoms with Gasteiger partial charge in [0.05, 0.1) is 24.2 Å². The molecule has 26 heavy (non-hydrogen) atoms. The Kier molecular flexibility index (Phi) is 5.80. The van der Waals surface area contributed by atoms with E-state index in [1.807, 2.05) is 12.1 Å². The lowest BCUT2D eigenvalue weighted by atomic mass is 10.1. The Balaban J connectivity index is 1.63. The molecule has 0 bridgehead atoms. The van der Waals surface area contributed by atoms with Gasteiger partial charge >= 0.3 is 0 Å². The Hall–Kier alpha value is -2.93. The van der Waals surface area contributed by atoms with Gasteiger partial charge < -0.3 is 10.1 Å². The third-order valence-electron chi connectivity index (χ3n) is 3.49. The zero-order valence-corrected chi connectivity index (χ0v) is 14.8. The van der Waals surface area contributed by atoms with Crippen molar-refractivity contribution in [1.82, 2.24) is 9.97 Å². The molecule has 0 radical (unpaired) electrons. The maximum absolute atomic E-state index is 13.0. The summed E-state index contributed by atoms with van der Waals surface area (Å²) >= 11 is 1.22. The number of rotatable bonds is 6. The molecule has 2 aromatic carbocycles. The lowest BCUT2D eigenvalue weighted by Crippen LogP contribution is -2.14. The molecule has 0 saturated carbocycles. The van der Waals surface area contributed by atoms with Crippen molar-refractivity contribution < 1.29 is 13.9 Å². The molecule has 1 aromatic heterocycles. The molecule has 0 saturated heterocycles. The molecule has 132 valence electrons. The van der Waals surface area contributed by atoms with E-state index < -0.39 is 0 Å². The molecule has 7 heteroatoms. The summed E-state index contributed by atoms with van der Waals surface area (Å²) in [5, 5.41) is 3.28. The van der Waals surface area contributed by atoms with Gasteiger partial charge in [-0.3, -0.25) is 4.79 Å². The topological polar surface area (TPSA) is 64.1 Å². The molecule has 3 rings (SSSR count). The van der Waals surface area contributed by atoms with E-state index in [0.29, 0.717) is 22.3 Å². The van der Waals surface area contributed by atoms with Gasteiger partial charge in [0.2, 0.25) is 5.91 Å². The second-order valence-corrected chi connectivity index (χ2v) is 6.21. The summed E-state index contributed by atoms with van der Waals surface area (Å²) in [4.78, 5) is 20.7. The molecule has 1 N–H and O–H groups in total. The monoisotopic (exact) mass is 369 g/mol. The van der Waals surface area contributed by atoms with Crippen LogP contribution < -0.4 is 10.1 Å². The highest BCUT2D eigenvalue weighted by Gasteiger charge is 2.09. The molecule has 1 amide bonds. The summed E-state index contributed by atoms with van der Waals surface area (Å²) in [6.07, 6.45) is 1.62. The van der Waals surface area contributed by atoms with Crippen molar-refractivity contribution in [1.29, 1.82) is 0 Å². The molecule has 0 spiro atoms. The predicted octanol–water partition coefficient (Wildman–Crippen LogP) is 4.02. The van der Waals surface area contributed by atoms with E-state index in [1.165, 1.54) is 23.9 Å². The first-order valence-corrected chi connectivity index (χ1v) is 8.79. The average Bonchev–Trinajstić information content (AvgIpc) is 2.67. The number of carbonyl (C=O) groups is 1. The largest absolute Gasteiger partial charge is 0.495 e. The number of hydrogen-bond donors (Lipinski definition) is 1. The van der Waals surface area contributed by atoms with E-state index in [9.17, 15) is 9.18 Å². The van der Waals surface area contributed by atoms with Crippen molar-refractivity contribution in [2.45, 2.75) is 5.16 Å². The van der Waals surface area contributed by atoms with E-state index in [0.717, 1.165) is 5.56 Å². The number of carbonyl (C=O) groups excluding carboxylic acids is 1. The van der Waals surface area contributed by atoms with Crippen molar-refractivity contribution in [3.05, 3.63) is 66.6 Å². The maximum atomic E-state index is 13.0. The first kappa shape index (κ1) is 17.9. The Labute approximate surface area is 154 Å². The van der Waals surface area contributed by atoms with E-state index >= 15 is 0 Å². The van der Waals surface area contributed by atoms with E-state index in [2.05, 4.69) is 15.3 Å². The summed E-state index contributed by atoms with van der Waals surface area (Å²) in [6, 6.07) is 15.0. The van der Waals surface area contributed by atoms with Gasteiger partial charge in [0.25, 0.3) is 0 Å². The third-order valence-corrected chi connectivity index (χ3v) is 4.35. The Morgan fingerprint density at radius 2 is 1.92 bits per heavy atom. The molecule has 5 nitrogen and oxygen atoms in total. The maximum Gasteiger partial charge on any atom is 0.234 e. The fourth-order valence-electron chi connectivity index (χ4n) is 2.26. The molecule has 0 aliphatic rings. The van der Waals surface area contributed by atoms with Crippen LogP contribution in [0.5, 0.6) is 5.75 Å². The second kappa shape index (κ2) is 8.44. The fraction of sp³-hybridized carbons (Fsp3) is 0.105.